The van der Waals surface area contributed by atoms with Gasteiger partial charge in [-0.1, -0.05) is 12.1 Å². The van der Waals surface area contributed by atoms with Crippen molar-refractivity contribution in [3.05, 3.63) is 48.9 Å². The Morgan fingerprint density at radius 1 is 1.03 bits per heavy atom. The number of aliphatic carboxylic acids is 1. The Balaban J connectivity index is 1.21. The van der Waals surface area contributed by atoms with Gasteiger partial charge in [-0.3, -0.25) is 14.7 Å². The van der Waals surface area contributed by atoms with Gasteiger partial charge in [-0.15, -0.1) is 0 Å². The number of aromatic nitrogens is 4. The number of anilines is 4. The van der Waals surface area contributed by atoms with Crippen molar-refractivity contribution in [3.8, 4) is 11.5 Å². The van der Waals surface area contributed by atoms with Crippen LogP contribution in [0.1, 0.15) is 19.8 Å². The molecule has 5 rings (SSSR count). The summed E-state index contributed by atoms with van der Waals surface area (Å²) in [5, 5.41) is 12.2. The summed E-state index contributed by atoms with van der Waals surface area (Å²) < 4.78 is 12.0. The molecule has 3 aromatic rings. The number of benzene rings is 1. The highest BCUT2D eigenvalue weighted by Crippen LogP contribution is 2.30. The maximum atomic E-state index is 11.0. The zero-order valence-corrected chi connectivity index (χ0v) is 22.1. The highest BCUT2D eigenvalue weighted by molar-refractivity contribution is 5.69. The molecule has 39 heavy (non-hydrogen) atoms. The van der Waals surface area contributed by atoms with Crippen LogP contribution >= 0.6 is 0 Å². The number of hydrogen-bond acceptors (Lipinski definition) is 11. The Kier molecular flexibility index (Phi) is 8.51. The predicted octanol–water partition coefficient (Wildman–Crippen LogP) is 2.66. The third-order valence-electron chi connectivity index (χ3n) is 6.70. The van der Waals surface area contributed by atoms with Gasteiger partial charge in [0, 0.05) is 38.9 Å². The monoisotopic (exact) mass is 534 g/mol. The van der Waals surface area contributed by atoms with Crippen LogP contribution in [0.3, 0.4) is 0 Å². The van der Waals surface area contributed by atoms with Gasteiger partial charge < -0.3 is 29.7 Å². The number of carbonyl (C=O) groups is 1. The van der Waals surface area contributed by atoms with Crippen molar-refractivity contribution in [2.24, 2.45) is 0 Å². The zero-order chi connectivity index (χ0) is 27.0. The summed E-state index contributed by atoms with van der Waals surface area (Å²) in [6, 6.07) is 9.63. The molecular weight excluding hydrogens is 500 g/mol. The Bertz CT molecular complexity index is 1250. The second-order valence-electron chi connectivity index (χ2n) is 9.49. The molecule has 0 spiro atoms. The molecular formula is C27H34N8O4. The molecule has 12 nitrogen and oxygen atoms in total. The molecule has 1 atom stereocenters. The first-order valence-electron chi connectivity index (χ1n) is 13.3. The molecule has 2 saturated heterocycles. The van der Waals surface area contributed by atoms with Crippen LogP contribution in [-0.2, 0) is 4.79 Å². The number of piperazine rings is 1. The quantitative estimate of drug-likeness (QED) is 0.397. The van der Waals surface area contributed by atoms with Crippen LogP contribution in [0.5, 0.6) is 11.5 Å². The van der Waals surface area contributed by atoms with Crippen LogP contribution in [0, 0.1) is 0 Å². The van der Waals surface area contributed by atoms with Crippen LogP contribution in [-0.4, -0.2) is 94.4 Å². The minimum atomic E-state index is -0.806. The number of hydrogen-bond donors (Lipinski definition) is 2. The van der Waals surface area contributed by atoms with E-state index in [0.717, 1.165) is 42.5 Å². The van der Waals surface area contributed by atoms with E-state index in [0.29, 0.717) is 51.1 Å². The topological polar surface area (TPSA) is 129 Å². The molecule has 4 heterocycles. The van der Waals surface area contributed by atoms with Crippen molar-refractivity contribution in [1.82, 2.24) is 24.8 Å². The molecule has 0 radical (unpaired) electrons. The Hall–Kier alpha value is -4.19. The average molecular weight is 535 g/mol. The van der Waals surface area contributed by atoms with E-state index < -0.39 is 5.97 Å². The number of nitrogens with zero attached hydrogens (tertiary/aromatic N) is 7. The largest absolute Gasteiger partial charge is 0.490 e. The van der Waals surface area contributed by atoms with E-state index in [9.17, 15) is 4.79 Å². The van der Waals surface area contributed by atoms with Crippen molar-refractivity contribution in [1.29, 1.82) is 0 Å². The van der Waals surface area contributed by atoms with E-state index >= 15 is 0 Å². The molecule has 1 unspecified atom stereocenters. The molecule has 0 bridgehead atoms. The van der Waals surface area contributed by atoms with Gasteiger partial charge in [0.2, 0.25) is 5.95 Å². The fraction of sp³-hybridized carbons (Fsp3) is 0.444. The molecule has 2 fully saturated rings. The summed E-state index contributed by atoms with van der Waals surface area (Å²) >= 11 is 0. The number of para-hydroxylation sites is 2. The number of carboxylic acid groups (broad SMARTS) is 1. The smallest absolute Gasteiger partial charge is 0.317 e. The molecule has 0 saturated carbocycles. The number of ether oxygens (including phenoxy) is 2. The SMILES string of the molecule is CCOc1ccccc1OC1CCCN(c2cncc(Nc3nccc(N4CCN(CC(=O)O)CC4)n3)n2)C1. The summed E-state index contributed by atoms with van der Waals surface area (Å²) in [6.07, 6.45) is 7.06. The summed E-state index contributed by atoms with van der Waals surface area (Å²) in [7, 11) is 0. The van der Waals surface area contributed by atoms with Gasteiger partial charge in [-0.25, -0.2) is 9.97 Å². The van der Waals surface area contributed by atoms with Gasteiger partial charge in [0.25, 0.3) is 0 Å². The van der Waals surface area contributed by atoms with Gasteiger partial charge in [0.15, 0.2) is 17.3 Å². The molecule has 2 N–H and O–H groups in total. The van der Waals surface area contributed by atoms with Crippen molar-refractivity contribution in [2.75, 3.05) is 67.5 Å². The zero-order valence-electron chi connectivity index (χ0n) is 22.1. The fourth-order valence-corrected chi connectivity index (χ4v) is 4.84. The molecule has 2 aromatic heterocycles. The van der Waals surface area contributed by atoms with Crippen molar-refractivity contribution in [3.63, 3.8) is 0 Å². The average Bonchev–Trinajstić information content (AvgIpc) is 2.95. The third kappa shape index (κ3) is 7.02. The molecule has 1 aromatic carbocycles. The van der Waals surface area contributed by atoms with Crippen molar-refractivity contribution < 1.29 is 19.4 Å². The standard InChI is InChI=1S/C27H34N8O4/c1-2-38-21-7-3-4-8-22(21)39-20-6-5-11-35(18-20)25-17-28-16-23(30-25)31-27-29-10-9-24(32-27)34-14-12-33(13-15-34)19-26(36)37/h3-4,7-10,16-17,20H,2,5-6,11-15,18-19H2,1H3,(H,36,37)(H,29,30,31,32). The van der Waals surface area contributed by atoms with Crippen LogP contribution in [0.2, 0.25) is 0 Å². The lowest BCUT2D eigenvalue weighted by molar-refractivity contribution is -0.138. The number of rotatable bonds is 10. The lowest BCUT2D eigenvalue weighted by Crippen LogP contribution is -2.48. The van der Waals surface area contributed by atoms with Crippen LogP contribution in [0.25, 0.3) is 0 Å². The summed E-state index contributed by atoms with van der Waals surface area (Å²) in [4.78, 5) is 35.4. The van der Waals surface area contributed by atoms with Crippen LogP contribution in [0.4, 0.5) is 23.4 Å². The Morgan fingerprint density at radius 2 is 1.85 bits per heavy atom. The number of carboxylic acids is 1. The Labute approximate surface area is 227 Å². The van der Waals surface area contributed by atoms with Gasteiger partial charge >= 0.3 is 5.97 Å². The highest BCUT2D eigenvalue weighted by atomic mass is 16.5. The second-order valence-corrected chi connectivity index (χ2v) is 9.49. The van der Waals surface area contributed by atoms with Crippen LogP contribution in [0.15, 0.2) is 48.9 Å². The lowest BCUT2D eigenvalue weighted by Gasteiger charge is -2.34. The van der Waals surface area contributed by atoms with Gasteiger partial charge in [-0.2, -0.15) is 4.98 Å². The maximum absolute atomic E-state index is 11.0. The minimum absolute atomic E-state index is 0.00903. The first kappa shape index (κ1) is 26.4. The van der Waals surface area contributed by atoms with E-state index in [2.05, 4.69) is 30.1 Å². The lowest BCUT2D eigenvalue weighted by atomic mass is 10.1. The summed E-state index contributed by atoms with van der Waals surface area (Å²) in [5.41, 5.74) is 0. The molecule has 0 amide bonds. The molecule has 2 aliphatic rings. The van der Waals surface area contributed by atoms with Gasteiger partial charge in [0.1, 0.15) is 17.7 Å². The van der Waals surface area contributed by atoms with E-state index in [1.807, 2.05) is 42.2 Å². The van der Waals surface area contributed by atoms with E-state index in [1.165, 1.54) is 0 Å². The first-order chi connectivity index (χ1) is 19.1. The van der Waals surface area contributed by atoms with Gasteiger partial charge in [-0.05, 0) is 38.0 Å². The number of piperidine rings is 1. The second kappa shape index (κ2) is 12.6. The minimum Gasteiger partial charge on any atom is -0.490 e. The molecule has 0 aliphatic carbocycles. The predicted molar refractivity (Wildman–Crippen MR) is 147 cm³/mol. The van der Waals surface area contributed by atoms with Gasteiger partial charge in [0.05, 0.1) is 32.1 Å². The molecule has 12 heteroatoms. The van der Waals surface area contributed by atoms with E-state index in [-0.39, 0.29) is 12.6 Å². The molecule has 2 aliphatic heterocycles. The normalized spacial score (nSPS) is 18.0. The third-order valence-corrected chi connectivity index (χ3v) is 6.70. The highest BCUT2D eigenvalue weighted by Gasteiger charge is 2.24. The summed E-state index contributed by atoms with van der Waals surface area (Å²) in [5.74, 6) is 3.24. The van der Waals surface area contributed by atoms with Crippen molar-refractivity contribution in [2.45, 2.75) is 25.9 Å². The first-order valence-corrected chi connectivity index (χ1v) is 13.3. The molecule has 206 valence electrons. The fourth-order valence-electron chi connectivity index (χ4n) is 4.84. The van der Waals surface area contributed by atoms with Crippen LogP contribution < -0.4 is 24.6 Å². The Morgan fingerprint density at radius 3 is 2.64 bits per heavy atom. The van der Waals surface area contributed by atoms with E-state index in [1.54, 1.807) is 18.6 Å². The number of nitrogens with one attached hydrogen (secondary N) is 1. The van der Waals surface area contributed by atoms with Crippen molar-refractivity contribution >= 4 is 29.4 Å². The summed E-state index contributed by atoms with van der Waals surface area (Å²) in [6.45, 7) is 6.91. The van der Waals surface area contributed by atoms with E-state index in [4.69, 9.17) is 19.6 Å². The maximum Gasteiger partial charge on any atom is 0.317 e.